The van der Waals surface area contributed by atoms with Gasteiger partial charge in [0.15, 0.2) is 6.10 Å². The first-order valence-electron chi connectivity index (χ1n) is 12.1. The van der Waals surface area contributed by atoms with E-state index in [0.717, 1.165) is 59.2 Å². The van der Waals surface area contributed by atoms with Gasteiger partial charge < -0.3 is 10.1 Å². The van der Waals surface area contributed by atoms with E-state index in [9.17, 15) is 9.59 Å². The maximum atomic E-state index is 13.6. The maximum Gasteiger partial charge on any atom is 0.340 e. The molecule has 1 atom stereocenters. The average Bonchev–Trinajstić information content (AvgIpc) is 2.80. The highest BCUT2D eigenvalue weighted by Gasteiger charge is 2.29. The van der Waals surface area contributed by atoms with Crippen molar-refractivity contribution in [2.45, 2.75) is 59.6 Å². The Bertz CT molecular complexity index is 1200. The molecule has 0 saturated heterocycles. The molecule has 1 aliphatic heterocycles. The first-order chi connectivity index (χ1) is 16.4. The fraction of sp³-hybridized carbons (Fsp3) is 0.393. The minimum absolute atomic E-state index is 0.319. The second-order valence-electron chi connectivity index (χ2n) is 9.12. The summed E-state index contributed by atoms with van der Waals surface area (Å²) in [4.78, 5) is 33.8. The summed E-state index contributed by atoms with van der Waals surface area (Å²) in [6.45, 7) is 10.5. The van der Waals surface area contributed by atoms with E-state index in [1.54, 1.807) is 0 Å². The second-order valence-corrected chi connectivity index (χ2v) is 9.12. The van der Waals surface area contributed by atoms with Gasteiger partial charge in [0.05, 0.1) is 11.1 Å². The first kappa shape index (κ1) is 23.9. The van der Waals surface area contributed by atoms with Gasteiger partial charge in [-0.2, -0.15) is 0 Å². The molecule has 34 heavy (non-hydrogen) atoms. The zero-order valence-corrected chi connectivity index (χ0v) is 20.5. The summed E-state index contributed by atoms with van der Waals surface area (Å²) < 4.78 is 5.85. The van der Waals surface area contributed by atoms with Crippen LogP contribution in [0.4, 0.5) is 5.69 Å². The van der Waals surface area contributed by atoms with Crippen LogP contribution >= 0.6 is 0 Å². The first-order valence-corrected chi connectivity index (χ1v) is 12.1. The number of rotatable bonds is 7. The van der Waals surface area contributed by atoms with E-state index in [-0.39, 0.29) is 5.91 Å². The Morgan fingerprint density at radius 1 is 1.12 bits per heavy atom. The Morgan fingerprint density at radius 2 is 1.85 bits per heavy atom. The molecule has 1 aromatic heterocycles. The lowest BCUT2D eigenvalue weighted by atomic mass is 9.95. The molecular weight excluding hydrogens is 426 g/mol. The monoisotopic (exact) mass is 459 g/mol. The highest BCUT2D eigenvalue weighted by Crippen LogP contribution is 2.29. The van der Waals surface area contributed by atoms with Crippen LogP contribution in [0.1, 0.15) is 59.4 Å². The number of pyridine rings is 1. The number of fused-ring (bicyclic) bond motifs is 2. The van der Waals surface area contributed by atoms with Crippen LogP contribution < -0.4 is 5.32 Å². The molecule has 0 aliphatic carbocycles. The van der Waals surface area contributed by atoms with Crippen molar-refractivity contribution in [3.05, 3.63) is 70.4 Å². The number of aromatic nitrogens is 1. The maximum absolute atomic E-state index is 13.6. The van der Waals surface area contributed by atoms with Gasteiger partial charge in [-0.25, -0.2) is 4.79 Å². The zero-order valence-electron chi connectivity index (χ0n) is 20.5. The Labute approximate surface area is 201 Å². The predicted molar refractivity (Wildman–Crippen MR) is 135 cm³/mol. The van der Waals surface area contributed by atoms with Crippen molar-refractivity contribution in [2.75, 3.05) is 18.4 Å². The smallest absolute Gasteiger partial charge is 0.340 e. The van der Waals surface area contributed by atoms with E-state index in [4.69, 9.17) is 9.72 Å². The number of anilines is 1. The molecule has 0 saturated carbocycles. The Balaban J connectivity index is 1.63. The molecule has 6 nitrogen and oxygen atoms in total. The van der Waals surface area contributed by atoms with Crippen LogP contribution in [-0.4, -0.2) is 41.0 Å². The molecule has 2 heterocycles. The quantitative estimate of drug-likeness (QED) is 0.492. The molecular formula is C28H33N3O3. The molecule has 4 rings (SSSR count). The van der Waals surface area contributed by atoms with E-state index in [1.807, 2.05) is 63.2 Å². The van der Waals surface area contributed by atoms with Gasteiger partial charge in [-0.15, -0.1) is 0 Å². The molecule has 0 radical (unpaired) electrons. The third kappa shape index (κ3) is 5.12. The lowest BCUT2D eigenvalue weighted by molar-refractivity contribution is -0.124. The Hall–Kier alpha value is -3.25. The summed E-state index contributed by atoms with van der Waals surface area (Å²) in [7, 11) is 0. The van der Waals surface area contributed by atoms with Gasteiger partial charge in [0.1, 0.15) is 0 Å². The van der Waals surface area contributed by atoms with Crippen LogP contribution in [0.5, 0.6) is 0 Å². The fourth-order valence-corrected chi connectivity index (χ4v) is 4.77. The van der Waals surface area contributed by atoms with Gasteiger partial charge >= 0.3 is 5.97 Å². The number of aryl methyl sites for hydroxylation is 2. The van der Waals surface area contributed by atoms with Gasteiger partial charge in [-0.1, -0.05) is 38.1 Å². The Kier molecular flexibility index (Phi) is 7.27. The number of esters is 1. The minimum Gasteiger partial charge on any atom is -0.449 e. The topological polar surface area (TPSA) is 71.5 Å². The lowest BCUT2D eigenvalue weighted by Crippen LogP contribution is -2.35. The number of nitrogens with one attached hydrogen (secondary N) is 1. The van der Waals surface area contributed by atoms with Gasteiger partial charge in [0, 0.05) is 41.8 Å². The average molecular weight is 460 g/mol. The largest absolute Gasteiger partial charge is 0.449 e. The molecule has 3 aromatic rings. The molecule has 6 heteroatoms. The van der Waals surface area contributed by atoms with Gasteiger partial charge in [-0.3, -0.25) is 14.7 Å². The summed E-state index contributed by atoms with van der Waals surface area (Å²) in [5.41, 5.74) is 6.03. The van der Waals surface area contributed by atoms with Gasteiger partial charge in [0.25, 0.3) is 5.91 Å². The van der Waals surface area contributed by atoms with Crippen LogP contribution in [0.25, 0.3) is 10.9 Å². The standard InChI is InChI=1S/C28H33N3O3/c1-5-12-31-13-11-24-22(17-31)26(21-9-7-8-10-23(21)30-24)28(33)34-25(6-2)27(32)29-20-15-18(3)14-19(4)16-20/h7-10,14-16,25H,5-6,11-13,17H2,1-4H3,(H,29,32). The van der Waals surface area contributed by atoms with Crippen LogP contribution in [-0.2, 0) is 22.5 Å². The van der Waals surface area contributed by atoms with Crippen molar-refractivity contribution in [2.24, 2.45) is 0 Å². The molecule has 0 spiro atoms. The summed E-state index contributed by atoms with van der Waals surface area (Å²) in [6.07, 6.45) is 1.35. The second kappa shape index (κ2) is 10.3. The number of amides is 1. The van der Waals surface area contributed by atoms with Crippen molar-refractivity contribution >= 4 is 28.5 Å². The molecule has 178 valence electrons. The number of carbonyl (C=O) groups is 2. The number of para-hydroxylation sites is 1. The molecule has 2 aromatic carbocycles. The van der Waals surface area contributed by atoms with Crippen molar-refractivity contribution < 1.29 is 14.3 Å². The van der Waals surface area contributed by atoms with Crippen molar-refractivity contribution in [1.82, 2.24) is 9.88 Å². The van der Waals surface area contributed by atoms with Crippen molar-refractivity contribution in [3.63, 3.8) is 0 Å². The van der Waals surface area contributed by atoms with Crippen LogP contribution in [0.2, 0.25) is 0 Å². The summed E-state index contributed by atoms with van der Waals surface area (Å²) in [5, 5.41) is 3.69. The van der Waals surface area contributed by atoms with E-state index < -0.39 is 12.1 Å². The molecule has 1 N–H and O–H groups in total. The number of nitrogens with zero attached hydrogens (tertiary/aromatic N) is 2. The molecule has 1 aliphatic rings. The minimum atomic E-state index is -0.883. The number of hydrogen-bond acceptors (Lipinski definition) is 5. The van der Waals surface area contributed by atoms with E-state index in [2.05, 4.69) is 17.1 Å². The van der Waals surface area contributed by atoms with E-state index in [0.29, 0.717) is 24.2 Å². The van der Waals surface area contributed by atoms with E-state index in [1.165, 1.54) is 0 Å². The third-order valence-corrected chi connectivity index (χ3v) is 6.27. The lowest BCUT2D eigenvalue weighted by Gasteiger charge is -2.30. The van der Waals surface area contributed by atoms with Crippen molar-refractivity contribution in [1.29, 1.82) is 0 Å². The molecule has 1 unspecified atom stereocenters. The molecule has 0 fully saturated rings. The summed E-state index contributed by atoms with van der Waals surface area (Å²) in [5.74, 6) is -0.781. The number of benzene rings is 2. The SMILES string of the molecule is CCCN1CCc2nc3ccccc3c(C(=O)OC(CC)C(=O)Nc3cc(C)cc(C)c3)c2C1. The van der Waals surface area contributed by atoms with Gasteiger partial charge in [0.2, 0.25) is 0 Å². The summed E-state index contributed by atoms with van der Waals surface area (Å²) in [6, 6.07) is 13.5. The van der Waals surface area contributed by atoms with Gasteiger partial charge in [-0.05, 0) is 62.6 Å². The van der Waals surface area contributed by atoms with Crippen molar-refractivity contribution in [3.8, 4) is 0 Å². The third-order valence-electron chi connectivity index (χ3n) is 6.27. The number of hydrogen-bond donors (Lipinski definition) is 1. The van der Waals surface area contributed by atoms with Crippen LogP contribution in [0.15, 0.2) is 42.5 Å². The zero-order chi connectivity index (χ0) is 24.2. The number of ether oxygens (including phenoxy) is 1. The molecule has 0 bridgehead atoms. The summed E-state index contributed by atoms with van der Waals surface area (Å²) >= 11 is 0. The molecule has 1 amide bonds. The number of carbonyl (C=O) groups excluding carboxylic acids is 2. The fourth-order valence-electron chi connectivity index (χ4n) is 4.77. The Morgan fingerprint density at radius 3 is 2.56 bits per heavy atom. The highest BCUT2D eigenvalue weighted by molar-refractivity contribution is 6.06. The van der Waals surface area contributed by atoms with E-state index >= 15 is 0 Å². The van der Waals surface area contributed by atoms with Crippen LogP contribution in [0, 0.1) is 13.8 Å². The predicted octanol–water partition coefficient (Wildman–Crippen LogP) is 5.19. The normalized spacial score (nSPS) is 14.5. The van der Waals surface area contributed by atoms with Crippen LogP contribution in [0.3, 0.4) is 0 Å². The highest BCUT2D eigenvalue weighted by atomic mass is 16.5.